The highest BCUT2D eigenvalue weighted by molar-refractivity contribution is 6.20. The molecule has 0 fully saturated rings. The van der Waals surface area contributed by atoms with Gasteiger partial charge in [-0.15, -0.1) is 11.6 Å². The molecule has 1 atom stereocenters. The maximum absolute atomic E-state index is 13.1. The molecule has 0 aliphatic carbocycles. The van der Waals surface area contributed by atoms with Gasteiger partial charge in [-0.25, -0.2) is 9.37 Å². The van der Waals surface area contributed by atoms with E-state index in [4.69, 9.17) is 11.6 Å². The molecule has 1 unspecified atom stereocenters. The Kier molecular flexibility index (Phi) is 4.82. The Morgan fingerprint density at radius 3 is 2.87 bits per heavy atom. The van der Waals surface area contributed by atoms with Crippen LogP contribution in [0, 0.1) is 11.7 Å². The number of hydrogen-bond acceptors (Lipinski definition) is 2. The van der Waals surface area contributed by atoms with Crippen molar-refractivity contribution in [1.82, 2.24) is 4.98 Å². The number of pyridine rings is 1. The minimum Gasteiger partial charge on any atom is -0.366 e. The topological polar surface area (TPSA) is 24.9 Å². The summed E-state index contributed by atoms with van der Waals surface area (Å²) < 4.78 is 13.1. The molecule has 0 aliphatic rings. The molecule has 1 rings (SSSR count). The second kappa shape index (κ2) is 5.91. The van der Waals surface area contributed by atoms with Crippen LogP contribution in [0.1, 0.15) is 20.3 Å². The predicted molar refractivity (Wildman–Crippen MR) is 61.8 cm³/mol. The summed E-state index contributed by atoms with van der Waals surface area (Å²) in [6.45, 7) is 4.75. The van der Waals surface area contributed by atoms with Gasteiger partial charge in [-0.1, -0.05) is 13.8 Å². The number of anilines is 1. The van der Waals surface area contributed by atoms with Gasteiger partial charge in [0.05, 0.1) is 5.38 Å². The second-order valence-corrected chi connectivity index (χ2v) is 4.56. The monoisotopic (exact) mass is 230 g/mol. The van der Waals surface area contributed by atoms with Gasteiger partial charge in [0, 0.05) is 12.7 Å². The van der Waals surface area contributed by atoms with Crippen LogP contribution in [0.15, 0.2) is 18.3 Å². The van der Waals surface area contributed by atoms with E-state index in [9.17, 15) is 4.39 Å². The number of hydrogen-bond donors (Lipinski definition) is 1. The van der Waals surface area contributed by atoms with Gasteiger partial charge in [0.15, 0.2) is 11.6 Å². The van der Waals surface area contributed by atoms with Gasteiger partial charge in [-0.05, 0) is 24.5 Å². The molecule has 0 radical (unpaired) electrons. The lowest BCUT2D eigenvalue weighted by Crippen LogP contribution is -2.17. The maximum Gasteiger partial charge on any atom is 0.165 e. The molecule has 0 saturated heterocycles. The third-order valence-electron chi connectivity index (χ3n) is 1.98. The lowest BCUT2D eigenvalue weighted by atomic mass is 10.1. The van der Waals surface area contributed by atoms with E-state index in [0.717, 1.165) is 6.42 Å². The third-order valence-corrected chi connectivity index (χ3v) is 2.31. The van der Waals surface area contributed by atoms with Gasteiger partial charge < -0.3 is 5.32 Å². The van der Waals surface area contributed by atoms with E-state index in [0.29, 0.717) is 12.5 Å². The van der Waals surface area contributed by atoms with Crippen molar-refractivity contribution in [3.8, 4) is 0 Å². The van der Waals surface area contributed by atoms with Gasteiger partial charge >= 0.3 is 0 Å². The molecule has 4 heteroatoms. The Bertz CT molecular complexity index is 304. The fourth-order valence-corrected chi connectivity index (χ4v) is 1.75. The van der Waals surface area contributed by atoms with Gasteiger partial charge in [0.2, 0.25) is 0 Å². The van der Waals surface area contributed by atoms with Gasteiger partial charge in [0.25, 0.3) is 0 Å². The Labute approximate surface area is 94.9 Å². The lowest BCUT2D eigenvalue weighted by molar-refractivity contribution is 0.570. The smallest absolute Gasteiger partial charge is 0.165 e. The first-order valence-electron chi connectivity index (χ1n) is 5.08. The van der Waals surface area contributed by atoms with Crippen molar-refractivity contribution in [2.75, 3.05) is 11.9 Å². The molecule has 1 aromatic heterocycles. The first-order valence-corrected chi connectivity index (χ1v) is 5.51. The van der Waals surface area contributed by atoms with Crippen LogP contribution in [0.3, 0.4) is 0 Å². The first-order chi connectivity index (χ1) is 7.09. The maximum atomic E-state index is 13.1. The van der Waals surface area contributed by atoms with Crippen molar-refractivity contribution in [2.45, 2.75) is 25.6 Å². The molecular weight excluding hydrogens is 215 g/mol. The van der Waals surface area contributed by atoms with Crippen molar-refractivity contribution in [3.05, 3.63) is 24.1 Å². The zero-order valence-electron chi connectivity index (χ0n) is 9.00. The summed E-state index contributed by atoms with van der Waals surface area (Å²) in [4.78, 5) is 3.88. The van der Waals surface area contributed by atoms with Crippen LogP contribution < -0.4 is 5.32 Å². The summed E-state index contributed by atoms with van der Waals surface area (Å²) in [5.74, 6) is 0.473. The van der Waals surface area contributed by atoms with E-state index in [1.807, 2.05) is 0 Å². The molecule has 15 heavy (non-hydrogen) atoms. The van der Waals surface area contributed by atoms with E-state index in [1.54, 1.807) is 12.3 Å². The van der Waals surface area contributed by atoms with E-state index in [1.165, 1.54) is 6.07 Å². The fourth-order valence-electron chi connectivity index (χ4n) is 1.32. The largest absolute Gasteiger partial charge is 0.366 e. The highest BCUT2D eigenvalue weighted by Crippen LogP contribution is 2.13. The summed E-state index contributed by atoms with van der Waals surface area (Å²) in [7, 11) is 0. The van der Waals surface area contributed by atoms with Crippen LogP contribution in [0.5, 0.6) is 0 Å². The number of halogens is 2. The number of aromatic nitrogens is 1. The number of alkyl halides is 1. The zero-order valence-corrected chi connectivity index (χ0v) is 9.76. The van der Waals surface area contributed by atoms with E-state index in [2.05, 4.69) is 24.1 Å². The molecule has 1 N–H and O–H groups in total. The molecule has 0 saturated carbocycles. The minimum absolute atomic E-state index is 0.00593. The van der Waals surface area contributed by atoms with Crippen LogP contribution in [0.25, 0.3) is 0 Å². The molecule has 1 aromatic rings. The lowest BCUT2D eigenvalue weighted by Gasteiger charge is -2.13. The average Bonchev–Trinajstić information content (AvgIpc) is 2.15. The zero-order chi connectivity index (χ0) is 11.3. The van der Waals surface area contributed by atoms with Crippen LogP contribution >= 0.6 is 11.6 Å². The molecule has 0 amide bonds. The van der Waals surface area contributed by atoms with Crippen LogP contribution in [-0.4, -0.2) is 16.9 Å². The molecule has 2 nitrogen and oxygen atoms in total. The van der Waals surface area contributed by atoms with Crippen LogP contribution in [0.4, 0.5) is 10.2 Å². The van der Waals surface area contributed by atoms with Gasteiger partial charge in [-0.2, -0.15) is 0 Å². The van der Waals surface area contributed by atoms with Gasteiger partial charge in [0.1, 0.15) is 0 Å². The highest BCUT2D eigenvalue weighted by Gasteiger charge is 2.08. The van der Waals surface area contributed by atoms with E-state index < -0.39 is 0 Å². The molecule has 84 valence electrons. The Hall–Kier alpha value is -0.830. The van der Waals surface area contributed by atoms with Crippen molar-refractivity contribution in [3.63, 3.8) is 0 Å². The van der Waals surface area contributed by atoms with Crippen LogP contribution in [0.2, 0.25) is 0 Å². The highest BCUT2D eigenvalue weighted by atomic mass is 35.5. The van der Waals surface area contributed by atoms with E-state index >= 15 is 0 Å². The molecule has 1 heterocycles. The minimum atomic E-state index is -0.342. The van der Waals surface area contributed by atoms with Crippen molar-refractivity contribution < 1.29 is 4.39 Å². The van der Waals surface area contributed by atoms with Crippen molar-refractivity contribution in [1.29, 1.82) is 0 Å². The summed E-state index contributed by atoms with van der Waals surface area (Å²) in [5.41, 5.74) is 0. The molecule has 0 aromatic carbocycles. The Balaban J connectivity index is 2.40. The quantitative estimate of drug-likeness (QED) is 0.786. The van der Waals surface area contributed by atoms with Crippen molar-refractivity contribution in [2.24, 2.45) is 5.92 Å². The van der Waals surface area contributed by atoms with Crippen LogP contribution in [-0.2, 0) is 0 Å². The fraction of sp³-hybridized carbons (Fsp3) is 0.545. The summed E-state index contributed by atoms with van der Waals surface area (Å²) in [5, 5.41) is 2.91. The molecule has 0 aliphatic heterocycles. The molecule has 0 bridgehead atoms. The standard InChI is InChI=1S/C11H16ClFN2/c1-8(2)6-9(12)7-15-11-10(13)4-3-5-14-11/h3-5,8-9H,6-7H2,1-2H3,(H,14,15). The second-order valence-electron chi connectivity index (χ2n) is 3.94. The van der Waals surface area contributed by atoms with Crippen molar-refractivity contribution >= 4 is 17.4 Å². The van der Waals surface area contributed by atoms with E-state index in [-0.39, 0.29) is 17.0 Å². The number of nitrogens with zero attached hydrogens (tertiary/aromatic N) is 1. The third kappa shape index (κ3) is 4.47. The first kappa shape index (κ1) is 12.2. The summed E-state index contributed by atoms with van der Waals surface area (Å²) in [6.07, 6.45) is 2.46. The normalized spacial score (nSPS) is 12.9. The SMILES string of the molecule is CC(C)CC(Cl)CNc1ncccc1F. The Morgan fingerprint density at radius 2 is 2.27 bits per heavy atom. The molecular formula is C11H16ClFN2. The number of rotatable bonds is 5. The average molecular weight is 231 g/mol. The van der Waals surface area contributed by atoms with Gasteiger partial charge in [-0.3, -0.25) is 0 Å². The summed E-state index contributed by atoms with van der Waals surface area (Å²) in [6, 6.07) is 2.94. The summed E-state index contributed by atoms with van der Waals surface area (Å²) >= 11 is 6.07. The molecule has 0 spiro atoms. The number of nitrogens with one attached hydrogen (secondary N) is 1. The predicted octanol–water partition coefficient (Wildman–Crippen LogP) is 3.29. The Morgan fingerprint density at radius 1 is 1.53 bits per heavy atom.